The van der Waals surface area contributed by atoms with E-state index in [1.54, 1.807) is 23.2 Å². The molecule has 3 aromatic carbocycles. The molecule has 0 amide bonds. The van der Waals surface area contributed by atoms with Gasteiger partial charge in [-0.3, -0.25) is 10.1 Å². The molecule has 0 fully saturated rings. The highest BCUT2D eigenvalue weighted by atomic mass is 32.1. The van der Waals surface area contributed by atoms with Crippen molar-refractivity contribution in [3.8, 4) is 0 Å². The molecule has 1 heterocycles. The molecule has 1 atom stereocenters. The number of anilines is 1. The van der Waals surface area contributed by atoms with Gasteiger partial charge in [0.25, 0.3) is 5.69 Å². The van der Waals surface area contributed by atoms with E-state index in [4.69, 9.17) is 17.3 Å². The normalized spacial score (nSPS) is 15.6. The van der Waals surface area contributed by atoms with E-state index in [0.29, 0.717) is 22.8 Å². The molecule has 1 aliphatic rings. The summed E-state index contributed by atoms with van der Waals surface area (Å²) in [6, 6.07) is 24.4. The van der Waals surface area contributed by atoms with E-state index >= 15 is 0 Å². The minimum atomic E-state index is -0.373. The third kappa shape index (κ3) is 4.06. The second-order valence-electron chi connectivity index (χ2n) is 7.09. The molecule has 6 nitrogen and oxygen atoms in total. The summed E-state index contributed by atoms with van der Waals surface area (Å²) in [7, 11) is 0. The molecule has 0 saturated carbocycles. The number of benzene rings is 3. The minimum Gasteiger partial charge on any atom is -0.331 e. The van der Waals surface area contributed by atoms with Crippen LogP contribution in [-0.4, -0.2) is 20.8 Å². The van der Waals surface area contributed by atoms with E-state index < -0.39 is 0 Å². The number of aryl methyl sites for hydroxylation is 1. The lowest BCUT2D eigenvalue weighted by Gasteiger charge is -2.25. The van der Waals surface area contributed by atoms with Crippen LogP contribution in [0.25, 0.3) is 0 Å². The number of nitro benzene ring substituents is 1. The zero-order valence-corrected chi connectivity index (χ0v) is 17.2. The van der Waals surface area contributed by atoms with Crippen LogP contribution in [-0.2, 0) is 0 Å². The van der Waals surface area contributed by atoms with Crippen molar-refractivity contribution >= 4 is 34.4 Å². The number of nitro groups is 1. The van der Waals surface area contributed by atoms with Gasteiger partial charge in [-0.15, -0.1) is 0 Å². The van der Waals surface area contributed by atoms with Gasteiger partial charge in [0.2, 0.25) is 0 Å². The molecular formula is C23H20N4O2S. The summed E-state index contributed by atoms with van der Waals surface area (Å²) in [4.78, 5) is 11.1. The van der Waals surface area contributed by atoms with Crippen LogP contribution in [0.1, 0.15) is 29.2 Å². The number of para-hydroxylation sites is 2. The minimum absolute atomic E-state index is 0.0442. The monoisotopic (exact) mass is 416 g/mol. The Morgan fingerprint density at radius 1 is 1.07 bits per heavy atom. The van der Waals surface area contributed by atoms with Crippen LogP contribution in [0.15, 0.2) is 84.0 Å². The largest absolute Gasteiger partial charge is 0.331 e. The second kappa shape index (κ2) is 8.42. The van der Waals surface area contributed by atoms with Crippen LogP contribution in [0.2, 0.25) is 0 Å². The molecule has 0 aliphatic carbocycles. The standard InChI is InChI=1S/C23H20N4O2S/c1-16-11-13-17(14-12-16)22-15-20(19-9-5-6-10-21(19)27(28)29)25-26(22)23(30)24-18-7-3-2-4-8-18/h2-14,22H,15H2,1H3,(H,24,30)/t22-/m0/s1. The van der Waals surface area contributed by atoms with E-state index in [0.717, 1.165) is 16.8 Å². The lowest BCUT2D eigenvalue weighted by molar-refractivity contribution is -0.385. The molecule has 0 saturated heterocycles. The summed E-state index contributed by atoms with van der Waals surface area (Å²) >= 11 is 5.66. The van der Waals surface area contributed by atoms with Crippen LogP contribution >= 0.6 is 12.2 Å². The fourth-order valence-corrected chi connectivity index (χ4v) is 3.77. The SMILES string of the molecule is Cc1ccc([C@@H]2CC(c3ccccc3[N+](=O)[O-])=NN2C(=S)Nc2ccccc2)cc1. The van der Waals surface area contributed by atoms with Crippen LogP contribution in [0.5, 0.6) is 0 Å². The van der Waals surface area contributed by atoms with Crippen molar-refractivity contribution in [3.05, 3.63) is 106 Å². The molecule has 150 valence electrons. The third-order valence-electron chi connectivity index (χ3n) is 5.02. The van der Waals surface area contributed by atoms with Gasteiger partial charge in [-0.05, 0) is 42.9 Å². The van der Waals surface area contributed by atoms with Gasteiger partial charge in [0.05, 0.1) is 22.2 Å². The summed E-state index contributed by atoms with van der Waals surface area (Å²) < 4.78 is 0. The highest BCUT2D eigenvalue weighted by Gasteiger charge is 2.33. The van der Waals surface area contributed by atoms with Gasteiger partial charge in [-0.25, -0.2) is 5.01 Å². The molecule has 1 aliphatic heterocycles. The average molecular weight is 417 g/mol. The Bertz CT molecular complexity index is 1110. The Balaban J connectivity index is 1.71. The van der Waals surface area contributed by atoms with E-state index in [1.165, 1.54) is 6.07 Å². The Kier molecular flexibility index (Phi) is 5.54. The molecule has 0 radical (unpaired) electrons. The fraction of sp³-hybridized carbons (Fsp3) is 0.130. The summed E-state index contributed by atoms with van der Waals surface area (Å²) in [5.74, 6) is 0. The van der Waals surface area contributed by atoms with Gasteiger partial charge in [0.15, 0.2) is 5.11 Å². The second-order valence-corrected chi connectivity index (χ2v) is 7.48. The first kappa shape index (κ1) is 19.7. The van der Waals surface area contributed by atoms with Crippen molar-refractivity contribution in [2.75, 3.05) is 5.32 Å². The van der Waals surface area contributed by atoms with Gasteiger partial charge >= 0.3 is 0 Å². The molecule has 4 rings (SSSR count). The van der Waals surface area contributed by atoms with Crippen LogP contribution in [0.4, 0.5) is 11.4 Å². The summed E-state index contributed by atoms with van der Waals surface area (Å²) in [5.41, 5.74) is 4.28. The molecule has 0 unspecified atom stereocenters. The Hall–Kier alpha value is -3.58. The maximum absolute atomic E-state index is 11.5. The van der Waals surface area contributed by atoms with Crippen molar-refractivity contribution in [2.24, 2.45) is 5.10 Å². The number of hydrogen-bond donors (Lipinski definition) is 1. The molecule has 7 heteroatoms. The van der Waals surface area contributed by atoms with Crippen molar-refractivity contribution in [1.82, 2.24) is 5.01 Å². The predicted molar refractivity (Wildman–Crippen MR) is 123 cm³/mol. The highest BCUT2D eigenvalue weighted by molar-refractivity contribution is 7.80. The van der Waals surface area contributed by atoms with E-state index in [-0.39, 0.29) is 16.7 Å². The van der Waals surface area contributed by atoms with Gasteiger partial charge in [-0.1, -0.05) is 60.2 Å². The van der Waals surface area contributed by atoms with Crippen molar-refractivity contribution < 1.29 is 4.92 Å². The molecule has 3 aromatic rings. The number of thiocarbonyl (C=S) groups is 1. The van der Waals surface area contributed by atoms with E-state index in [2.05, 4.69) is 17.4 Å². The topological polar surface area (TPSA) is 70.8 Å². The van der Waals surface area contributed by atoms with Crippen molar-refractivity contribution in [2.45, 2.75) is 19.4 Å². The van der Waals surface area contributed by atoms with E-state index in [9.17, 15) is 10.1 Å². The maximum atomic E-state index is 11.5. The van der Waals surface area contributed by atoms with Crippen molar-refractivity contribution in [1.29, 1.82) is 0 Å². The maximum Gasteiger partial charge on any atom is 0.278 e. The third-order valence-corrected chi connectivity index (χ3v) is 5.31. The average Bonchev–Trinajstić information content (AvgIpc) is 3.20. The lowest BCUT2D eigenvalue weighted by Crippen LogP contribution is -2.31. The summed E-state index contributed by atoms with van der Waals surface area (Å²) in [6.07, 6.45) is 0.518. The number of hydrogen-bond acceptors (Lipinski definition) is 4. The summed E-state index contributed by atoms with van der Waals surface area (Å²) in [6.45, 7) is 2.03. The number of hydrazone groups is 1. The summed E-state index contributed by atoms with van der Waals surface area (Å²) in [5, 5.41) is 21.7. The number of rotatable bonds is 4. The molecule has 0 aromatic heterocycles. The molecule has 0 bridgehead atoms. The van der Waals surface area contributed by atoms with E-state index in [1.807, 2.05) is 49.4 Å². The zero-order valence-electron chi connectivity index (χ0n) is 16.4. The van der Waals surface area contributed by atoms with Crippen LogP contribution in [0, 0.1) is 17.0 Å². The first-order valence-electron chi connectivity index (χ1n) is 9.56. The Morgan fingerprint density at radius 2 is 1.73 bits per heavy atom. The quantitative estimate of drug-likeness (QED) is 0.348. The molecule has 0 spiro atoms. The lowest BCUT2D eigenvalue weighted by atomic mass is 9.97. The van der Waals surface area contributed by atoms with Gasteiger partial charge in [0.1, 0.15) is 0 Å². The Labute approximate surface area is 180 Å². The molecule has 30 heavy (non-hydrogen) atoms. The Morgan fingerprint density at radius 3 is 2.43 bits per heavy atom. The first-order valence-corrected chi connectivity index (χ1v) is 9.97. The number of nitrogens with one attached hydrogen (secondary N) is 1. The molecular weight excluding hydrogens is 396 g/mol. The highest BCUT2D eigenvalue weighted by Crippen LogP contribution is 2.35. The smallest absolute Gasteiger partial charge is 0.278 e. The zero-order chi connectivity index (χ0) is 21.1. The van der Waals surface area contributed by atoms with Gasteiger partial charge in [-0.2, -0.15) is 5.10 Å². The van der Waals surface area contributed by atoms with Crippen LogP contribution in [0.3, 0.4) is 0 Å². The molecule has 1 N–H and O–H groups in total. The van der Waals surface area contributed by atoms with Gasteiger partial charge in [0, 0.05) is 18.2 Å². The first-order chi connectivity index (χ1) is 14.5. The predicted octanol–water partition coefficient (Wildman–Crippen LogP) is 5.45. The van der Waals surface area contributed by atoms with Crippen LogP contribution < -0.4 is 5.32 Å². The number of nitrogens with zero attached hydrogens (tertiary/aromatic N) is 3. The van der Waals surface area contributed by atoms with Gasteiger partial charge < -0.3 is 5.32 Å². The fourth-order valence-electron chi connectivity index (χ4n) is 3.49. The van der Waals surface area contributed by atoms with Crippen molar-refractivity contribution in [3.63, 3.8) is 0 Å².